The van der Waals surface area contributed by atoms with E-state index in [9.17, 15) is 14.3 Å². The van der Waals surface area contributed by atoms with Crippen LogP contribution in [-0.4, -0.2) is 28.0 Å². The predicted octanol–water partition coefficient (Wildman–Crippen LogP) is 4.92. The maximum Gasteiger partial charge on any atom is 0.149 e. The third-order valence-electron chi connectivity index (χ3n) is 8.70. The van der Waals surface area contributed by atoms with Crippen molar-refractivity contribution >= 4 is 21.7 Å². The van der Waals surface area contributed by atoms with Crippen LogP contribution in [0.5, 0.6) is 0 Å². The van der Waals surface area contributed by atoms with E-state index in [0.29, 0.717) is 36.0 Å². The predicted molar refractivity (Wildman–Crippen MR) is 100 cm³/mol. The van der Waals surface area contributed by atoms with E-state index in [0.717, 1.165) is 32.1 Å². The number of carbonyl (C=O) groups is 1. The van der Waals surface area contributed by atoms with E-state index in [1.807, 2.05) is 6.92 Å². The molecule has 142 valence electrons. The fourth-order valence-corrected chi connectivity index (χ4v) is 8.05. The van der Waals surface area contributed by atoms with Gasteiger partial charge in [0.05, 0.1) is 16.8 Å². The zero-order valence-electron chi connectivity index (χ0n) is 15.5. The highest BCUT2D eigenvalue weighted by atomic mass is 79.9. The molecular formula is C21H32BrFO2. The first kappa shape index (κ1) is 18.4. The van der Waals surface area contributed by atoms with Crippen LogP contribution in [0.2, 0.25) is 0 Å². The summed E-state index contributed by atoms with van der Waals surface area (Å²) in [4.78, 5) is 12.4. The van der Waals surface area contributed by atoms with Crippen LogP contribution in [0.25, 0.3) is 0 Å². The minimum absolute atomic E-state index is 0.0679. The first-order valence-corrected chi connectivity index (χ1v) is 11.3. The summed E-state index contributed by atoms with van der Waals surface area (Å²) in [5, 5.41) is 10.8. The van der Waals surface area contributed by atoms with Crippen LogP contribution in [0.4, 0.5) is 4.39 Å². The largest absolute Gasteiger partial charge is 0.390 e. The summed E-state index contributed by atoms with van der Waals surface area (Å²) in [5.74, 6) is 2.69. The molecule has 4 aliphatic rings. The number of hydrogen-bond donors (Lipinski definition) is 1. The Bertz CT molecular complexity index is 550. The van der Waals surface area contributed by atoms with Crippen LogP contribution in [0.15, 0.2) is 0 Å². The Balaban J connectivity index is 1.57. The van der Waals surface area contributed by atoms with Gasteiger partial charge in [0.1, 0.15) is 12.0 Å². The third-order valence-corrected chi connectivity index (χ3v) is 9.26. The number of fused-ring (bicyclic) bond motifs is 5. The monoisotopic (exact) mass is 414 g/mol. The van der Waals surface area contributed by atoms with Gasteiger partial charge in [-0.15, -0.1) is 0 Å². The van der Waals surface area contributed by atoms with Crippen molar-refractivity contribution in [2.24, 2.45) is 40.9 Å². The fraction of sp³-hybridized carbons (Fsp3) is 0.952. The number of hydrogen-bond acceptors (Lipinski definition) is 2. The molecule has 2 nitrogen and oxygen atoms in total. The van der Waals surface area contributed by atoms with Gasteiger partial charge in [0.25, 0.3) is 0 Å². The van der Waals surface area contributed by atoms with Gasteiger partial charge in [0, 0.05) is 0 Å². The Morgan fingerprint density at radius 3 is 2.56 bits per heavy atom. The molecule has 4 saturated carbocycles. The number of halogens is 2. The summed E-state index contributed by atoms with van der Waals surface area (Å²) in [5.41, 5.74) is -0.625. The smallest absolute Gasteiger partial charge is 0.149 e. The molecule has 5 unspecified atom stereocenters. The lowest BCUT2D eigenvalue weighted by Crippen LogP contribution is -2.51. The molecule has 4 rings (SSSR count). The van der Waals surface area contributed by atoms with Gasteiger partial charge in [-0.1, -0.05) is 22.9 Å². The molecule has 0 aromatic rings. The lowest BCUT2D eigenvalue weighted by atomic mass is 9.49. The lowest BCUT2D eigenvalue weighted by molar-refractivity contribution is -0.131. The van der Waals surface area contributed by atoms with Crippen molar-refractivity contribution in [1.29, 1.82) is 0 Å². The topological polar surface area (TPSA) is 37.3 Å². The molecule has 0 aromatic heterocycles. The quantitative estimate of drug-likeness (QED) is 0.651. The molecule has 0 heterocycles. The number of carbonyl (C=O) groups excluding carboxylic acids is 1. The molecule has 4 heteroatoms. The summed E-state index contributed by atoms with van der Waals surface area (Å²) < 4.78 is 14.9. The summed E-state index contributed by atoms with van der Waals surface area (Å²) in [6.07, 6.45) is 7.13. The van der Waals surface area contributed by atoms with Crippen LogP contribution in [-0.2, 0) is 4.79 Å². The Hall–Kier alpha value is 0.0400. The lowest BCUT2D eigenvalue weighted by Gasteiger charge is -2.56. The van der Waals surface area contributed by atoms with Crippen molar-refractivity contribution in [2.75, 3.05) is 5.33 Å². The summed E-state index contributed by atoms with van der Waals surface area (Å²) in [7, 11) is 0. The van der Waals surface area contributed by atoms with E-state index >= 15 is 0 Å². The average Bonchev–Trinajstić information content (AvgIpc) is 2.83. The molecule has 0 aromatic carbocycles. The second kappa shape index (κ2) is 6.29. The van der Waals surface area contributed by atoms with Gasteiger partial charge >= 0.3 is 0 Å². The summed E-state index contributed by atoms with van der Waals surface area (Å²) in [6, 6.07) is 0. The van der Waals surface area contributed by atoms with Gasteiger partial charge in [-0.3, -0.25) is 4.79 Å². The molecule has 9 atom stereocenters. The third kappa shape index (κ3) is 2.85. The zero-order chi connectivity index (χ0) is 18.0. The second-order valence-electron chi connectivity index (χ2n) is 10.0. The Morgan fingerprint density at radius 2 is 1.84 bits per heavy atom. The Labute approximate surface area is 159 Å². The van der Waals surface area contributed by atoms with Crippen molar-refractivity contribution in [3.63, 3.8) is 0 Å². The van der Waals surface area contributed by atoms with Gasteiger partial charge in [0.2, 0.25) is 0 Å². The molecule has 0 amide bonds. The van der Waals surface area contributed by atoms with E-state index in [1.165, 1.54) is 12.8 Å². The van der Waals surface area contributed by atoms with E-state index in [2.05, 4.69) is 22.9 Å². The number of rotatable bonds is 2. The van der Waals surface area contributed by atoms with Crippen LogP contribution in [0.3, 0.4) is 0 Å². The van der Waals surface area contributed by atoms with Crippen molar-refractivity contribution in [1.82, 2.24) is 0 Å². The number of Topliss-reactive ketones (excluding diaryl/α,β-unsaturated/α-hetero) is 1. The Morgan fingerprint density at radius 1 is 1.12 bits per heavy atom. The van der Waals surface area contributed by atoms with Crippen molar-refractivity contribution in [3.8, 4) is 0 Å². The minimum Gasteiger partial charge on any atom is -0.390 e. The molecular weight excluding hydrogens is 383 g/mol. The van der Waals surface area contributed by atoms with E-state index in [-0.39, 0.29) is 16.5 Å². The highest BCUT2D eigenvalue weighted by Gasteiger charge is 2.61. The normalized spacial score (nSPS) is 55.2. The number of ketones is 1. The van der Waals surface area contributed by atoms with Gasteiger partial charge < -0.3 is 5.11 Å². The summed E-state index contributed by atoms with van der Waals surface area (Å²) in [6.45, 7) is 4.20. The zero-order valence-corrected chi connectivity index (χ0v) is 17.1. The molecule has 0 bridgehead atoms. The SMILES string of the molecule is C[C@@]1(O)CC[C@@H]2C3CC[C@@]4(C)C(CC(F)C4C(=O)CBr)C3CC[C@@H]2C1. The Kier molecular flexibility index (Phi) is 4.63. The second-order valence-corrected chi connectivity index (χ2v) is 10.6. The van der Waals surface area contributed by atoms with Gasteiger partial charge in [-0.2, -0.15) is 0 Å². The van der Waals surface area contributed by atoms with Crippen LogP contribution in [0, 0.1) is 40.9 Å². The number of alkyl halides is 2. The van der Waals surface area contributed by atoms with Gasteiger partial charge in [0.15, 0.2) is 0 Å². The number of aliphatic hydroxyl groups is 1. The van der Waals surface area contributed by atoms with E-state index in [1.54, 1.807) is 0 Å². The van der Waals surface area contributed by atoms with Gasteiger partial charge in [-0.05, 0) is 93.3 Å². The molecule has 0 radical (unpaired) electrons. The fourth-order valence-electron chi connectivity index (χ4n) is 7.70. The molecule has 0 aliphatic heterocycles. The van der Waals surface area contributed by atoms with Crippen LogP contribution in [0.1, 0.15) is 65.2 Å². The van der Waals surface area contributed by atoms with E-state index < -0.39 is 17.7 Å². The summed E-state index contributed by atoms with van der Waals surface area (Å²) >= 11 is 3.28. The molecule has 1 N–H and O–H groups in total. The van der Waals surface area contributed by atoms with E-state index in [4.69, 9.17) is 0 Å². The van der Waals surface area contributed by atoms with Crippen molar-refractivity contribution in [2.45, 2.75) is 77.0 Å². The standard InChI is InChI=1S/C21H32BrFO2/c1-20(25)7-5-13-12(10-20)3-4-15-14(13)6-8-21(2)16(15)9-17(23)19(21)18(24)11-22/h12-17,19,25H,3-11H2,1-2H3/t12-,13+,14?,15?,16?,17?,19?,20-,21+/m1/s1. The molecule has 4 fully saturated rings. The molecule has 0 spiro atoms. The van der Waals surface area contributed by atoms with Crippen LogP contribution < -0.4 is 0 Å². The molecule has 4 aliphatic carbocycles. The average molecular weight is 415 g/mol. The molecule has 0 saturated heterocycles. The first-order valence-electron chi connectivity index (χ1n) is 10.2. The van der Waals surface area contributed by atoms with Gasteiger partial charge in [-0.25, -0.2) is 4.39 Å². The maximum atomic E-state index is 14.9. The highest BCUT2D eigenvalue weighted by Crippen LogP contribution is 2.65. The van der Waals surface area contributed by atoms with Crippen LogP contribution >= 0.6 is 15.9 Å². The highest BCUT2D eigenvalue weighted by molar-refractivity contribution is 9.09. The maximum absolute atomic E-state index is 14.9. The first-order chi connectivity index (χ1) is 11.8. The van der Waals surface area contributed by atoms with Crippen molar-refractivity contribution < 1.29 is 14.3 Å². The molecule has 25 heavy (non-hydrogen) atoms. The minimum atomic E-state index is -0.955. The van der Waals surface area contributed by atoms with Crippen molar-refractivity contribution in [3.05, 3.63) is 0 Å².